The molecule has 4 saturated heterocycles. The highest BCUT2D eigenvalue weighted by Gasteiger charge is 2.63. The van der Waals surface area contributed by atoms with Crippen LogP contribution in [0.2, 0.25) is 0 Å². The first-order valence-electron chi connectivity index (χ1n) is 20.4. The maximum absolute atomic E-state index is 14.9. The quantitative estimate of drug-likeness (QED) is 0.193. The van der Waals surface area contributed by atoms with Gasteiger partial charge in [0.05, 0.1) is 35.3 Å². The number of carbonyl (C=O) groups is 4. The van der Waals surface area contributed by atoms with Gasteiger partial charge in [-0.15, -0.1) is 0 Å². The van der Waals surface area contributed by atoms with Crippen molar-refractivity contribution in [2.75, 3.05) is 33.3 Å². The number of benzene rings is 3. The Kier molecular flexibility index (Phi) is 10.7. The van der Waals surface area contributed by atoms with Crippen LogP contribution in [0.3, 0.4) is 0 Å². The number of hydrogen-bond acceptors (Lipinski definition) is 8. The number of likely N-dealkylation sites (tertiary alicyclic amines) is 4. The standard InChI is InChI=1S/C45H48Br2N4O6/c1-57-35-23-33(39(46)40(47)41(35)52)36-30-12-13-31-37(44(55)50(42(31)53)28-14-18-48(19-15-28)24-26-8-4-2-5-9-26)32(30)22-34-38(36)45(56)51(43(34)54)29-16-20-49(21-17-29)25-27-10-6-3-7-11-27/h2-12,23,28-29,31-32,34,36-38,52H,13-22,24-25H2,1H3/t31-,32+,34+,36+,37-,38+/m0/s1. The fraction of sp³-hybridized carbons (Fsp3) is 0.467. The number of hydrogen-bond donors (Lipinski definition) is 1. The van der Waals surface area contributed by atoms with Crippen molar-refractivity contribution < 1.29 is 29.0 Å². The zero-order chi connectivity index (χ0) is 39.5. The number of amides is 4. The lowest BCUT2D eigenvalue weighted by Gasteiger charge is -2.44. The lowest BCUT2D eigenvalue weighted by Crippen LogP contribution is -2.48. The van der Waals surface area contributed by atoms with Crippen LogP contribution in [0.15, 0.2) is 87.3 Å². The average Bonchev–Trinajstić information content (AvgIpc) is 3.64. The largest absolute Gasteiger partial charge is 0.503 e. The molecule has 298 valence electrons. The minimum Gasteiger partial charge on any atom is -0.503 e. The molecule has 10 nitrogen and oxygen atoms in total. The van der Waals surface area contributed by atoms with Crippen molar-refractivity contribution in [2.24, 2.45) is 29.6 Å². The van der Waals surface area contributed by atoms with Gasteiger partial charge >= 0.3 is 0 Å². The molecule has 3 aromatic carbocycles. The molecule has 1 N–H and O–H groups in total. The Labute approximate surface area is 350 Å². The molecule has 0 unspecified atom stereocenters. The Morgan fingerprint density at radius 2 is 1.18 bits per heavy atom. The van der Waals surface area contributed by atoms with E-state index in [2.05, 4.69) is 72.0 Å². The predicted octanol–water partition coefficient (Wildman–Crippen LogP) is 6.89. The third-order valence-corrected chi connectivity index (χ3v) is 15.9. The van der Waals surface area contributed by atoms with E-state index in [0.29, 0.717) is 40.2 Å². The number of aromatic hydroxyl groups is 1. The molecular formula is C45H48Br2N4O6. The molecule has 5 fully saturated rings. The molecule has 2 aliphatic carbocycles. The van der Waals surface area contributed by atoms with Gasteiger partial charge < -0.3 is 9.84 Å². The SMILES string of the molecule is COc1cc([C@H]2C3=CC[C@@H]4C(=O)N(C5CCN(Cc6ccccc6)CC5)C(=O)[C@@H]4[C@@H]3C[C@H]3C(=O)N(C4CCN(Cc5ccccc5)CC4)C(=O)[C@@H]23)c(Br)c(Br)c1O. The van der Waals surface area contributed by atoms with E-state index in [1.807, 2.05) is 36.4 Å². The Morgan fingerprint density at radius 3 is 1.70 bits per heavy atom. The van der Waals surface area contributed by atoms with Crippen LogP contribution in [0.1, 0.15) is 61.1 Å². The summed E-state index contributed by atoms with van der Waals surface area (Å²) in [6, 6.07) is 22.1. The second-order valence-electron chi connectivity index (χ2n) is 16.7. The van der Waals surface area contributed by atoms with E-state index < -0.39 is 29.6 Å². The molecule has 9 rings (SSSR count). The molecule has 0 aromatic heterocycles. The van der Waals surface area contributed by atoms with Crippen molar-refractivity contribution >= 4 is 55.5 Å². The number of imide groups is 2. The molecule has 57 heavy (non-hydrogen) atoms. The number of allylic oxidation sites excluding steroid dienone is 2. The Hall–Kier alpha value is -3.84. The van der Waals surface area contributed by atoms with Crippen LogP contribution in [-0.4, -0.2) is 93.7 Å². The van der Waals surface area contributed by atoms with Gasteiger partial charge in [-0.3, -0.25) is 38.8 Å². The predicted molar refractivity (Wildman–Crippen MR) is 221 cm³/mol. The van der Waals surface area contributed by atoms with Gasteiger partial charge in [0.1, 0.15) is 0 Å². The first kappa shape index (κ1) is 38.7. The van der Waals surface area contributed by atoms with E-state index >= 15 is 0 Å². The number of halogens is 2. The van der Waals surface area contributed by atoms with Crippen LogP contribution in [0.4, 0.5) is 0 Å². The van der Waals surface area contributed by atoms with Gasteiger partial charge in [0.25, 0.3) is 0 Å². The molecule has 0 bridgehead atoms. The molecule has 4 amide bonds. The van der Waals surface area contributed by atoms with E-state index in [4.69, 9.17) is 4.74 Å². The molecular weight excluding hydrogens is 852 g/mol. The molecule has 3 aromatic rings. The third-order valence-electron chi connectivity index (χ3n) is 13.8. The zero-order valence-electron chi connectivity index (χ0n) is 32.1. The highest BCUT2D eigenvalue weighted by Crippen LogP contribution is 2.60. The van der Waals surface area contributed by atoms with Crippen molar-refractivity contribution in [3.8, 4) is 11.5 Å². The van der Waals surface area contributed by atoms with Crippen LogP contribution in [0, 0.1) is 29.6 Å². The van der Waals surface area contributed by atoms with Gasteiger partial charge in [0.2, 0.25) is 23.6 Å². The summed E-state index contributed by atoms with van der Waals surface area (Å²) >= 11 is 7.28. The van der Waals surface area contributed by atoms with Crippen LogP contribution in [-0.2, 0) is 32.3 Å². The summed E-state index contributed by atoms with van der Waals surface area (Å²) in [7, 11) is 1.48. The van der Waals surface area contributed by atoms with Crippen molar-refractivity contribution in [3.63, 3.8) is 0 Å². The van der Waals surface area contributed by atoms with Crippen LogP contribution >= 0.6 is 31.9 Å². The first-order valence-corrected chi connectivity index (χ1v) is 21.9. The number of carbonyl (C=O) groups excluding carboxylic acids is 4. The van der Waals surface area contributed by atoms with Crippen LogP contribution < -0.4 is 4.74 Å². The maximum Gasteiger partial charge on any atom is 0.234 e. The lowest BCUT2D eigenvalue weighted by atomic mass is 9.57. The maximum atomic E-state index is 14.9. The van der Waals surface area contributed by atoms with Crippen LogP contribution in [0.5, 0.6) is 11.5 Å². The van der Waals surface area contributed by atoms with Gasteiger partial charge in [0, 0.05) is 61.7 Å². The number of nitrogens with zero attached hydrogens (tertiary/aromatic N) is 4. The minimum absolute atomic E-state index is 0.0746. The highest BCUT2D eigenvalue weighted by atomic mass is 79.9. The van der Waals surface area contributed by atoms with Gasteiger partial charge in [-0.25, -0.2) is 0 Å². The van der Waals surface area contributed by atoms with E-state index in [0.717, 1.165) is 57.7 Å². The number of methoxy groups -OCH3 is 1. The number of phenols is 1. The Bertz CT molecular complexity index is 2100. The topological polar surface area (TPSA) is 111 Å². The minimum atomic E-state index is -0.686. The molecule has 1 saturated carbocycles. The third kappa shape index (κ3) is 6.78. The second-order valence-corrected chi connectivity index (χ2v) is 18.3. The van der Waals surface area contributed by atoms with E-state index in [1.54, 1.807) is 15.9 Å². The van der Waals surface area contributed by atoms with Gasteiger partial charge in [-0.2, -0.15) is 0 Å². The Morgan fingerprint density at radius 1 is 0.667 bits per heavy atom. The van der Waals surface area contributed by atoms with Crippen molar-refractivity contribution in [1.82, 2.24) is 19.6 Å². The molecule has 4 aliphatic heterocycles. The van der Waals surface area contributed by atoms with Gasteiger partial charge in [-0.1, -0.05) is 72.3 Å². The normalized spacial score (nSPS) is 28.7. The van der Waals surface area contributed by atoms with Crippen molar-refractivity contribution in [1.29, 1.82) is 0 Å². The molecule has 6 atom stereocenters. The number of fused-ring (bicyclic) bond motifs is 4. The molecule has 0 spiro atoms. The van der Waals surface area contributed by atoms with E-state index in [9.17, 15) is 24.3 Å². The monoisotopic (exact) mass is 898 g/mol. The highest BCUT2D eigenvalue weighted by molar-refractivity contribution is 9.13. The smallest absolute Gasteiger partial charge is 0.234 e. The first-order chi connectivity index (χ1) is 27.6. The number of ether oxygens (including phenoxy) is 1. The fourth-order valence-corrected chi connectivity index (χ4v) is 12.0. The molecule has 6 aliphatic rings. The van der Waals surface area contributed by atoms with E-state index in [1.165, 1.54) is 18.2 Å². The molecule has 4 heterocycles. The summed E-state index contributed by atoms with van der Waals surface area (Å²) in [6.07, 6.45) is 5.67. The summed E-state index contributed by atoms with van der Waals surface area (Å²) < 4.78 is 6.56. The van der Waals surface area contributed by atoms with Crippen LogP contribution in [0.25, 0.3) is 0 Å². The lowest BCUT2D eigenvalue weighted by molar-refractivity contribution is -0.146. The zero-order valence-corrected chi connectivity index (χ0v) is 35.2. The summed E-state index contributed by atoms with van der Waals surface area (Å²) in [5, 5.41) is 10.9. The van der Waals surface area contributed by atoms with Crippen molar-refractivity contribution in [3.05, 3.63) is 104 Å². The summed E-state index contributed by atoms with van der Waals surface area (Å²) in [4.78, 5) is 66.5. The second kappa shape index (κ2) is 15.7. The average molecular weight is 901 g/mol. The molecule has 12 heteroatoms. The number of phenolic OH excluding ortho intramolecular Hbond substituents is 1. The van der Waals surface area contributed by atoms with Gasteiger partial charge in [-0.05, 0) is 99.1 Å². The van der Waals surface area contributed by atoms with Crippen molar-refractivity contribution in [2.45, 2.75) is 69.6 Å². The fourth-order valence-electron chi connectivity index (χ4n) is 11.1. The number of piperidine rings is 2. The summed E-state index contributed by atoms with van der Waals surface area (Å²) in [6.45, 7) is 4.81. The summed E-state index contributed by atoms with van der Waals surface area (Å²) in [5.74, 6) is -3.78. The Balaban J connectivity index is 1.00. The number of rotatable bonds is 8. The molecule has 0 radical (unpaired) electrons. The summed E-state index contributed by atoms with van der Waals surface area (Å²) in [5.41, 5.74) is 4.12. The van der Waals surface area contributed by atoms with E-state index in [-0.39, 0.29) is 53.1 Å². The van der Waals surface area contributed by atoms with Gasteiger partial charge in [0.15, 0.2) is 11.5 Å².